The maximum atomic E-state index is 13.5. The first-order valence-corrected chi connectivity index (χ1v) is 6.85. The van der Waals surface area contributed by atoms with Crippen LogP contribution in [0.2, 0.25) is 0 Å². The zero-order chi connectivity index (χ0) is 13.1. The van der Waals surface area contributed by atoms with E-state index in [0.29, 0.717) is 24.2 Å². The van der Waals surface area contributed by atoms with Crippen molar-refractivity contribution in [1.29, 1.82) is 0 Å². The standard InChI is InChI=1S/C15H23FN2/c1-11-7-8-14(9-15(11)16)10-17-18-12(2)5-4-6-13(18)3/h7-9,12-13,17H,4-6,10H2,1-3H3. The van der Waals surface area contributed by atoms with Gasteiger partial charge in [-0.3, -0.25) is 5.43 Å². The average Bonchev–Trinajstić information content (AvgIpc) is 2.33. The fourth-order valence-electron chi connectivity index (χ4n) is 2.66. The zero-order valence-electron chi connectivity index (χ0n) is 11.5. The SMILES string of the molecule is Cc1ccc(CNN2C(C)CCCC2C)cc1F. The molecule has 1 heterocycles. The Hall–Kier alpha value is -0.930. The van der Waals surface area contributed by atoms with E-state index in [1.807, 2.05) is 12.1 Å². The summed E-state index contributed by atoms with van der Waals surface area (Å²) in [6, 6.07) is 6.58. The Labute approximate surface area is 109 Å². The lowest BCUT2D eigenvalue weighted by atomic mass is 10.00. The molecule has 2 unspecified atom stereocenters. The van der Waals surface area contributed by atoms with Crippen molar-refractivity contribution in [1.82, 2.24) is 10.4 Å². The second-order valence-electron chi connectivity index (χ2n) is 5.45. The molecule has 1 fully saturated rings. The highest BCUT2D eigenvalue weighted by molar-refractivity contribution is 5.23. The van der Waals surface area contributed by atoms with Crippen LogP contribution in [0, 0.1) is 12.7 Å². The van der Waals surface area contributed by atoms with Gasteiger partial charge in [0.15, 0.2) is 0 Å². The number of piperidine rings is 1. The minimum atomic E-state index is -0.117. The Bertz CT molecular complexity index is 395. The summed E-state index contributed by atoms with van der Waals surface area (Å²) in [6.07, 6.45) is 3.78. The van der Waals surface area contributed by atoms with E-state index >= 15 is 0 Å². The number of nitrogens with one attached hydrogen (secondary N) is 1. The van der Waals surface area contributed by atoms with Crippen LogP contribution in [-0.4, -0.2) is 17.1 Å². The van der Waals surface area contributed by atoms with Gasteiger partial charge in [0.05, 0.1) is 0 Å². The number of hydrogen-bond acceptors (Lipinski definition) is 2. The molecule has 1 aromatic rings. The minimum Gasteiger partial charge on any atom is -0.250 e. The first-order valence-electron chi connectivity index (χ1n) is 6.85. The Kier molecular flexibility index (Phi) is 4.36. The highest BCUT2D eigenvalue weighted by Crippen LogP contribution is 2.20. The van der Waals surface area contributed by atoms with Gasteiger partial charge in [0.1, 0.15) is 5.82 Å². The van der Waals surface area contributed by atoms with Gasteiger partial charge in [-0.25, -0.2) is 9.40 Å². The molecule has 1 aromatic carbocycles. The fraction of sp³-hybridized carbons (Fsp3) is 0.600. The highest BCUT2D eigenvalue weighted by Gasteiger charge is 2.24. The first-order chi connectivity index (χ1) is 8.58. The second kappa shape index (κ2) is 5.81. The smallest absolute Gasteiger partial charge is 0.126 e. The minimum absolute atomic E-state index is 0.117. The van der Waals surface area contributed by atoms with Crippen molar-refractivity contribution in [3.05, 3.63) is 35.1 Å². The third kappa shape index (κ3) is 3.09. The van der Waals surface area contributed by atoms with Crippen molar-refractivity contribution in [3.8, 4) is 0 Å². The van der Waals surface area contributed by atoms with E-state index in [4.69, 9.17) is 0 Å². The van der Waals surface area contributed by atoms with E-state index in [0.717, 1.165) is 5.56 Å². The van der Waals surface area contributed by atoms with Crippen molar-refractivity contribution >= 4 is 0 Å². The lowest BCUT2D eigenvalue weighted by Gasteiger charge is -2.39. The Morgan fingerprint density at radius 2 is 1.94 bits per heavy atom. The number of benzene rings is 1. The Morgan fingerprint density at radius 1 is 1.28 bits per heavy atom. The molecular weight excluding hydrogens is 227 g/mol. The van der Waals surface area contributed by atoms with Crippen LogP contribution in [0.25, 0.3) is 0 Å². The quantitative estimate of drug-likeness (QED) is 0.884. The molecule has 2 atom stereocenters. The maximum absolute atomic E-state index is 13.5. The van der Waals surface area contributed by atoms with E-state index < -0.39 is 0 Å². The number of halogens is 1. The van der Waals surface area contributed by atoms with E-state index in [1.165, 1.54) is 19.3 Å². The van der Waals surface area contributed by atoms with E-state index in [2.05, 4.69) is 24.3 Å². The maximum Gasteiger partial charge on any atom is 0.126 e. The molecule has 0 amide bonds. The van der Waals surface area contributed by atoms with Crippen molar-refractivity contribution < 1.29 is 4.39 Å². The van der Waals surface area contributed by atoms with Crippen molar-refractivity contribution in [2.75, 3.05) is 0 Å². The molecule has 3 heteroatoms. The molecule has 1 N–H and O–H groups in total. The number of aryl methyl sites for hydroxylation is 1. The molecule has 1 saturated heterocycles. The summed E-state index contributed by atoms with van der Waals surface area (Å²) in [7, 11) is 0. The topological polar surface area (TPSA) is 15.3 Å². The van der Waals surface area contributed by atoms with E-state index in [1.54, 1.807) is 13.0 Å². The first kappa shape index (κ1) is 13.5. The summed E-state index contributed by atoms with van der Waals surface area (Å²) in [5.41, 5.74) is 5.16. The summed E-state index contributed by atoms with van der Waals surface area (Å²) in [5.74, 6) is -0.117. The van der Waals surface area contributed by atoms with Gasteiger partial charge in [-0.15, -0.1) is 0 Å². The third-order valence-corrected chi connectivity index (χ3v) is 3.90. The number of hydrogen-bond donors (Lipinski definition) is 1. The zero-order valence-corrected chi connectivity index (χ0v) is 11.5. The summed E-state index contributed by atoms with van der Waals surface area (Å²) < 4.78 is 13.5. The molecule has 0 saturated carbocycles. The summed E-state index contributed by atoms with van der Waals surface area (Å²) >= 11 is 0. The Morgan fingerprint density at radius 3 is 2.56 bits per heavy atom. The van der Waals surface area contributed by atoms with Crippen LogP contribution < -0.4 is 5.43 Å². The molecule has 1 aliphatic heterocycles. The van der Waals surface area contributed by atoms with Crippen LogP contribution in [0.1, 0.15) is 44.2 Å². The van der Waals surface area contributed by atoms with E-state index in [9.17, 15) is 4.39 Å². The van der Waals surface area contributed by atoms with Crippen LogP contribution in [0.5, 0.6) is 0 Å². The summed E-state index contributed by atoms with van der Waals surface area (Å²) in [5, 5.41) is 2.32. The van der Waals surface area contributed by atoms with Crippen LogP contribution in [0.15, 0.2) is 18.2 Å². The lowest BCUT2D eigenvalue weighted by Crippen LogP contribution is -2.51. The Balaban J connectivity index is 1.95. The van der Waals surface area contributed by atoms with Crippen LogP contribution in [-0.2, 0) is 6.54 Å². The second-order valence-corrected chi connectivity index (χ2v) is 5.45. The number of rotatable bonds is 3. The predicted octanol–water partition coefficient (Wildman–Crippen LogP) is 3.40. The molecule has 0 spiro atoms. The van der Waals surface area contributed by atoms with Gasteiger partial charge in [0, 0.05) is 18.6 Å². The molecule has 1 aliphatic rings. The van der Waals surface area contributed by atoms with E-state index in [-0.39, 0.29) is 5.82 Å². The van der Waals surface area contributed by atoms with Crippen molar-refractivity contribution in [2.45, 2.75) is 58.7 Å². The molecule has 2 nitrogen and oxygen atoms in total. The monoisotopic (exact) mass is 250 g/mol. The van der Waals surface area contributed by atoms with Crippen LogP contribution in [0.4, 0.5) is 4.39 Å². The molecule has 0 aromatic heterocycles. The largest absolute Gasteiger partial charge is 0.250 e. The molecule has 18 heavy (non-hydrogen) atoms. The summed E-state index contributed by atoms with van der Waals surface area (Å²) in [6.45, 7) is 6.99. The highest BCUT2D eigenvalue weighted by atomic mass is 19.1. The number of nitrogens with zero attached hydrogens (tertiary/aromatic N) is 1. The van der Waals surface area contributed by atoms with Gasteiger partial charge >= 0.3 is 0 Å². The summed E-state index contributed by atoms with van der Waals surface area (Å²) in [4.78, 5) is 0. The normalized spacial score (nSPS) is 25.3. The van der Waals surface area contributed by atoms with Gasteiger partial charge < -0.3 is 0 Å². The van der Waals surface area contributed by atoms with Crippen molar-refractivity contribution in [3.63, 3.8) is 0 Å². The molecule has 100 valence electrons. The fourth-order valence-corrected chi connectivity index (χ4v) is 2.66. The van der Waals surface area contributed by atoms with Gasteiger partial charge in [-0.1, -0.05) is 18.6 Å². The van der Waals surface area contributed by atoms with Crippen LogP contribution >= 0.6 is 0 Å². The number of hydrazine groups is 1. The molecule has 0 radical (unpaired) electrons. The van der Waals surface area contributed by atoms with Gasteiger partial charge in [0.2, 0.25) is 0 Å². The van der Waals surface area contributed by atoms with Gasteiger partial charge in [-0.05, 0) is 50.8 Å². The lowest BCUT2D eigenvalue weighted by molar-refractivity contribution is 0.0435. The van der Waals surface area contributed by atoms with Crippen molar-refractivity contribution in [2.24, 2.45) is 0 Å². The van der Waals surface area contributed by atoms with Crippen LogP contribution in [0.3, 0.4) is 0 Å². The molecule has 2 rings (SSSR count). The predicted molar refractivity (Wildman–Crippen MR) is 72.6 cm³/mol. The van der Waals surface area contributed by atoms with Gasteiger partial charge in [0.25, 0.3) is 0 Å². The molecule has 0 bridgehead atoms. The third-order valence-electron chi connectivity index (χ3n) is 3.90. The molecular formula is C15H23FN2. The molecule has 0 aliphatic carbocycles. The van der Waals surface area contributed by atoms with Gasteiger partial charge in [-0.2, -0.15) is 0 Å². The average molecular weight is 250 g/mol.